The van der Waals surface area contributed by atoms with E-state index in [-0.39, 0.29) is 17.5 Å². The van der Waals surface area contributed by atoms with Crippen LogP contribution in [0, 0.1) is 11.6 Å². The Kier molecular flexibility index (Phi) is 4.99. The number of carbonyl (C=O) groups excluding carboxylic acids is 1. The summed E-state index contributed by atoms with van der Waals surface area (Å²) >= 11 is 0. The fraction of sp³-hybridized carbons (Fsp3) is 0.0870. The molecule has 29 heavy (non-hydrogen) atoms. The number of rotatable bonds is 5. The molecule has 0 bridgehead atoms. The largest absolute Gasteiger partial charge is 0.497 e. The molecule has 0 aliphatic carbocycles. The van der Waals surface area contributed by atoms with Crippen molar-refractivity contribution in [2.24, 2.45) is 0 Å². The van der Waals surface area contributed by atoms with E-state index in [1.165, 1.54) is 24.3 Å². The molecule has 4 nitrogen and oxygen atoms in total. The topological polar surface area (TPSA) is 41.6 Å². The standard InChI is InChI=1S/C23H18F2N2O2/c1-29-20-4-2-3-15(13-20)22-14-21(26-18-9-5-16(24)6-10-18)23(28)27(22)19-11-7-17(25)8-12-19/h2-14,22,26H,1H3. The van der Waals surface area contributed by atoms with Crippen LogP contribution in [0.3, 0.4) is 0 Å². The van der Waals surface area contributed by atoms with Crippen molar-refractivity contribution >= 4 is 17.3 Å². The van der Waals surface area contributed by atoms with Crippen LogP contribution in [0.15, 0.2) is 84.6 Å². The van der Waals surface area contributed by atoms with Gasteiger partial charge in [-0.15, -0.1) is 0 Å². The van der Waals surface area contributed by atoms with Crippen LogP contribution < -0.4 is 15.0 Å². The van der Waals surface area contributed by atoms with E-state index in [2.05, 4.69) is 5.32 Å². The highest BCUT2D eigenvalue weighted by Gasteiger charge is 2.35. The van der Waals surface area contributed by atoms with Gasteiger partial charge in [-0.1, -0.05) is 12.1 Å². The highest BCUT2D eigenvalue weighted by molar-refractivity contribution is 6.11. The third-order valence-corrected chi connectivity index (χ3v) is 4.72. The molecule has 4 rings (SSSR count). The molecule has 1 atom stereocenters. The lowest BCUT2D eigenvalue weighted by Gasteiger charge is -2.25. The van der Waals surface area contributed by atoms with E-state index in [4.69, 9.17) is 4.74 Å². The normalized spacial score (nSPS) is 16.0. The second-order valence-corrected chi connectivity index (χ2v) is 6.59. The third-order valence-electron chi connectivity index (χ3n) is 4.72. The Balaban J connectivity index is 1.73. The van der Waals surface area contributed by atoms with Crippen molar-refractivity contribution in [1.29, 1.82) is 0 Å². The molecular weight excluding hydrogens is 374 g/mol. The van der Waals surface area contributed by atoms with Gasteiger partial charge in [0.25, 0.3) is 5.91 Å². The highest BCUT2D eigenvalue weighted by atomic mass is 19.1. The second kappa shape index (κ2) is 7.75. The maximum Gasteiger partial charge on any atom is 0.275 e. The first kappa shape index (κ1) is 18.7. The third kappa shape index (κ3) is 3.82. The van der Waals surface area contributed by atoms with E-state index in [0.29, 0.717) is 22.8 Å². The Labute approximate surface area is 167 Å². The summed E-state index contributed by atoms with van der Waals surface area (Å²) in [6.45, 7) is 0. The van der Waals surface area contributed by atoms with E-state index in [0.717, 1.165) is 5.56 Å². The highest BCUT2D eigenvalue weighted by Crippen LogP contribution is 2.37. The summed E-state index contributed by atoms with van der Waals surface area (Å²) in [5.41, 5.74) is 2.36. The minimum atomic E-state index is -0.411. The molecule has 1 unspecified atom stereocenters. The lowest BCUT2D eigenvalue weighted by atomic mass is 10.1. The first-order valence-corrected chi connectivity index (χ1v) is 9.02. The van der Waals surface area contributed by atoms with Crippen molar-refractivity contribution in [3.05, 3.63) is 102 Å². The number of hydrogen-bond donors (Lipinski definition) is 1. The summed E-state index contributed by atoms with van der Waals surface area (Å²) in [5.74, 6) is -0.337. The Morgan fingerprint density at radius 1 is 0.931 bits per heavy atom. The van der Waals surface area contributed by atoms with Gasteiger partial charge in [0.1, 0.15) is 23.1 Å². The van der Waals surface area contributed by atoms with Crippen molar-refractivity contribution in [3.8, 4) is 5.75 Å². The number of halogens is 2. The molecule has 3 aromatic rings. The number of nitrogens with one attached hydrogen (secondary N) is 1. The molecule has 0 spiro atoms. The Bertz CT molecular complexity index is 1060. The minimum Gasteiger partial charge on any atom is -0.497 e. The van der Waals surface area contributed by atoms with Crippen molar-refractivity contribution in [2.75, 3.05) is 17.3 Å². The van der Waals surface area contributed by atoms with E-state index >= 15 is 0 Å². The van der Waals surface area contributed by atoms with Crippen LogP contribution in [-0.2, 0) is 4.79 Å². The number of nitrogens with zero attached hydrogens (tertiary/aromatic N) is 1. The van der Waals surface area contributed by atoms with Crippen molar-refractivity contribution in [3.63, 3.8) is 0 Å². The average molecular weight is 392 g/mol. The summed E-state index contributed by atoms with van der Waals surface area (Å²) in [5, 5.41) is 3.06. The maximum absolute atomic E-state index is 13.4. The first-order valence-electron chi connectivity index (χ1n) is 9.02. The van der Waals surface area contributed by atoms with E-state index < -0.39 is 6.04 Å². The number of hydrogen-bond acceptors (Lipinski definition) is 3. The van der Waals surface area contributed by atoms with Crippen LogP contribution >= 0.6 is 0 Å². The lowest BCUT2D eigenvalue weighted by Crippen LogP contribution is -2.30. The quantitative estimate of drug-likeness (QED) is 0.660. The van der Waals surface area contributed by atoms with Crippen molar-refractivity contribution in [1.82, 2.24) is 0 Å². The smallest absolute Gasteiger partial charge is 0.275 e. The molecule has 1 amide bonds. The van der Waals surface area contributed by atoms with Crippen LogP contribution in [0.4, 0.5) is 20.2 Å². The number of anilines is 2. The Morgan fingerprint density at radius 2 is 1.59 bits per heavy atom. The summed E-state index contributed by atoms with van der Waals surface area (Å²) in [6.07, 6.45) is 1.80. The Morgan fingerprint density at radius 3 is 2.24 bits per heavy atom. The molecule has 0 saturated heterocycles. The molecule has 1 heterocycles. The molecule has 0 fully saturated rings. The summed E-state index contributed by atoms with van der Waals surface area (Å²) in [7, 11) is 1.58. The minimum absolute atomic E-state index is 0.270. The average Bonchev–Trinajstić information content (AvgIpc) is 3.06. The van der Waals surface area contributed by atoms with Crippen LogP contribution in [0.1, 0.15) is 11.6 Å². The van der Waals surface area contributed by atoms with Crippen molar-refractivity contribution in [2.45, 2.75) is 6.04 Å². The number of amides is 1. The van der Waals surface area contributed by atoms with E-state index in [1.807, 2.05) is 24.3 Å². The maximum atomic E-state index is 13.4. The van der Waals surface area contributed by atoms with E-state index in [9.17, 15) is 13.6 Å². The van der Waals surface area contributed by atoms with Crippen LogP contribution in [0.2, 0.25) is 0 Å². The molecule has 1 aliphatic rings. The van der Waals surface area contributed by atoms with Gasteiger partial charge in [-0.2, -0.15) is 0 Å². The summed E-state index contributed by atoms with van der Waals surface area (Å²) in [6, 6.07) is 18.5. The van der Waals surface area contributed by atoms with Gasteiger partial charge >= 0.3 is 0 Å². The zero-order valence-electron chi connectivity index (χ0n) is 15.6. The Hall–Kier alpha value is -3.67. The molecule has 0 aromatic heterocycles. The van der Waals surface area contributed by atoms with Gasteiger partial charge in [0.05, 0.1) is 13.2 Å². The van der Waals surface area contributed by atoms with Crippen molar-refractivity contribution < 1.29 is 18.3 Å². The molecule has 0 radical (unpaired) electrons. The fourth-order valence-electron chi connectivity index (χ4n) is 3.29. The summed E-state index contributed by atoms with van der Waals surface area (Å²) < 4.78 is 31.9. The monoisotopic (exact) mass is 392 g/mol. The van der Waals surface area contributed by atoms with Crippen LogP contribution in [0.5, 0.6) is 5.75 Å². The van der Waals surface area contributed by atoms with Gasteiger partial charge in [0.2, 0.25) is 0 Å². The molecule has 1 N–H and O–H groups in total. The molecule has 6 heteroatoms. The van der Waals surface area contributed by atoms with Crippen LogP contribution in [-0.4, -0.2) is 13.0 Å². The summed E-state index contributed by atoms with van der Waals surface area (Å²) in [4.78, 5) is 14.8. The molecular formula is C23H18F2N2O2. The molecule has 3 aromatic carbocycles. The van der Waals surface area contributed by atoms with Gasteiger partial charge in [-0.05, 0) is 72.3 Å². The zero-order valence-corrected chi connectivity index (χ0v) is 15.6. The lowest BCUT2D eigenvalue weighted by molar-refractivity contribution is -0.114. The van der Waals surface area contributed by atoms with Gasteiger partial charge in [-0.3, -0.25) is 9.69 Å². The van der Waals surface area contributed by atoms with E-state index in [1.54, 1.807) is 42.4 Å². The zero-order chi connectivity index (χ0) is 20.4. The predicted molar refractivity (Wildman–Crippen MR) is 108 cm³/mol. The SMILES string of the molecule is COc1cccc(C2C=C(Nc3ccc(F)cc3)C(=O)N2c2ccc(F)cc2)c1. The molecule has 146 valence electrons. The van der Waals surface area contributed by atoms with Gasteiger partial charge in [-0.25, -0.2) is 8.78 Å². The van der Waals surface area contributed by atoms with Crippen LogP contribution in [0.25, 0.3) is 0 Å². The fourth-order valence-corrected chi connectivity index (χ4v) is 3.29. The number of methoxy groups -OCH3 is 1. The number of carbonyl (C=O) groups is 1. The first-order chi connectivity index (χ1) is 14.0. The van der Waals surface area contributed by atoms with Gasteiger partial charge < -0.3 is 10.1 Å². The second-order valence-electron chi connectivity index (χ2n) is 6.59. The predicted octanol–water partition coefficient (Wildman–Crippen LogP) is 5.06. The molecule has 0 saturated carbocycles. The molecule has 1 aliphatic heterocycles. The number of ether oxygens (including phenoxy) is 1. The van der Waals surface area contributed by atoms with Gasteiger partial charge in [0.15, 0.2) is 0 Å². The van der Waals surface area contributed by atoms with Gasteiger partial charge in [0, 0.05) is 11.4 Å². The number of benzene rings is 3.